The number of rotatable bonds is 0. The van der Waals surface area contributed by atoms with Crippen molar-refractivity contribution in [1.82, 2.24) is 15.0 Å². The number of aromatic amines is 1. The molecule has 2 aromatic rings. The van der Waals surface area contributed by atoms with Crippen LogP contribution in [-0.4, -0.2) is 26.7 Å². The van der Waals surface area contributed by atoms with Crippen LogP contribution >= 0.6 is 11.6 Å². The number of hydrogen-bond acceptors (Lipinski definition) is 3. The summed E-state index contributed by atoms with van der Waals surface area (Å²) in [7, 11) is 0. The maximum Gasteiger partial charge on any atom is 0.156 e. The summed E-state index contributed by atoms with van der Waals surface area (Å²) in [6, 6.07) is 0. The molecule has 0 atom stereocenters. The zero-order chi connectivity index (χ0) is 9.97. The molecular weight excluding hydrogens is 202 g/mol. The Labute approximate surface area is 85.0 Å². The fourth-order valence-electron chi connectivity index (χ4n) is 1.14. The van der Waals surface area contributed by atoms with Crippen molar-refractivity contribution >= 4 is 22.6 Å². The van der Waals surface area contributed by atoms with E-state index in [1.165, 1.54) is 6.33 Å². The minimum Gasteiger partial charge on any atom is -0.384 e. The highest BCUT2D eigenvalue weighted by molar-refractivity contribution is 6.33. The molecule has 2 N–H and O–H groups in total. The number of halogens is 1. The van der Waals surface area contributed by atoms with Crippen LogP contribution in [-0.2, 0) is 0 Å². The van der Waals surface area contributed by atoms with Crippen molar-refractivity contribution in [2.24, 2.45) is 0 Å². The molecule has 0 radical (unpaired) electrons. The molecule has 0 spiro atoms. The van der Waals surface area contributed by atoms with E-state index < -0.39 is 0 Å². The molecule has 0 aromatic carbocycles. The summed E-state index contributed by atoms with van der Waals surface area (Å²) < 4.78 is 0. The van der Waals surface area contributed by atoms with Crippen LogP contribution in [0.15, 0.2) is 12.5 Å². The van der Waals surface area contributed by atoms with Crippen LogP contribution < -0.4 is 0 Å². The summed E-state index contributed by atoms with van der Waals surface area (Å²) in [6.07, 6.45) is 3.07. The Morgan fingerprint density at radius 2 is 2.36 bits per heavy atom. The second-order valence-electron chi connectivity index (χ2n) is 2.55. The third-order valence-electron chi connectivity index (χ3n) is 1.72. The van der Waals surface area contributed by atoms with E-state index in [1.807, 2.05) is 0 Å². The average Bonchev–Trinajstić information content (AvgIpc) is 2.60. The molecule has 5 heteroatoms. The van der Waals surface area contributed by atoms with Gasteiger partial charge in [-0.3, -0.25) is 0 Å². The number of aliphatic hydroxyl groups is 1. The van der Waals surface area contributed by atoms with Crippen molar-refractivity contribution in [1.29, 1.82) is 0 Å². The number of aromatic nitrogens is 3. The number of nitrogens with zero attached hydrogens (tertiary/aromatic N) is 2. The third-order valence-corrected chi connectivity index (χ3v) is 2.01. The van der Waals surface area contributed by atoms with Crippen LogP contribution in [0.3, 0.4) is 0 Å². The fraction of sp³-hybridized carbons (Fsp3) is 0.111. The van der Waals surface area contributed by atoms with Gasteiger partial charge in [-0.05, 0) is 0 Å². The van der Waals surface area contributed by atoms with Crippen LogP contribution in [0.2, 0.25) is 5.15 Å². The van der Waals surface area contributed by atoms with E-state index in [9.17, 15) is 0 Å². The van der Waals surface area contributed by atoms with Crippen LogP contribution in [0.25, 0.3) is 11.0 Å². The molecule has 0 saturated carbocycles. The van der Waals surface area contributed by atoms with E-state index >= 15 is 0 Å². The summed E-state index contributed by atoms with van der Waals surface area (Å²) in [6.45, 7) is -0.175. The first-order chi connectivity index (χ1) is 6.83. The van der Waals surface area contributed by atoms with Crippen LogP contribution in [0.5, 0.6) is 0 Å². The molecule has 14 heavy (non-hydrogen) atoms. The Balaban J connectivity index is 2.64. The quantitative estimate of drug-likeness (QED) is 0.500. The predicted molar refractivity (Wildman–Crippen MR) is 52.9 cm³/mol. The van der Waals surface area contributed by atoms with Gasteiger partial charge in [0.1, 0.15) is 24.0 Å². The van der Waals surface area contributed by atoms with Crippen molar-refractivity contribution in [2.45, 2.75) is 0 Å². The molecule has 2 heterocycles. The number of H-pyrrole nitrogens is 1. The highest BCUT2D eigenvalue weighted by Gasteiger charge is 2.05. The third kappa shape index (κ3) is 1.43. The lowest BCUT2D eigenvalue weighted by molar-refractivity contribution is 0.350. The number of nitrogens with one attached hydrogen (secondary N) is 1. The van der Waals surface area contributed by atoms with Crippen molar-refractivity contribution in [3.8, 4) is 11.8 Å². The molecule has 2 rings (SSSR count). The van der Waals surface area contributed by atoms with Gasteiger partial charge in [-0.15, -0.1) is 0 Å². The van der Waals surface area contributed by atoms with E-state index in [4.69, 9.17) is 16.7 Å². The minimum absolute atomic E-state index is 0.175. The maximum atomic E-state index is 8.55. The lowest BCUT2D eigenvalue weighted by Crippen LogP contribution is -1.82. The molecule has 0 unspecified atom stereocenters. The average molecular weight is 208 g/mol. The molecule has 0 saturated heterocycles. The fourth-order valence-corrected chi connectivity index (χ4v) is 1.33. The van der Waals surface area contributed by atoms with Crippen molar-refractivity contribution < 1.29 is 5.11 Å². The van der Waals surface area contributed by atoms with Gasteiger partial charge in [-0.1, -0.05) is 23.4 Å². The van der Waals surface area contributed by atoms with Gasteiger partial charge in [0.15, 0.2) is 5.15 Å². The van der Waals surface area contributed by atoms with Crippen molar-refractivity contribution in [3.05, 3.63) is 23.2 Å². The molecule has 0 aliphatic carbocycles. The van der Waals surface area contributed by atoms with Crippen LogP contribution in [0.1, 0.15) is 5.56 Å². The van der Waals surface area contributed by atoms with Gasteiger partial charge in [0.25, 0.3) is 0 Å². The molecule has 0 amide bonds. The predicted octanol–water partition coefficient (Wildman–Crippen LogP) is 0.955. The Bertz CT molecular complexity index is 524. The lowest BCUT2D eigenvalue weighted by atomic mass is 10.3. The van der Waals surface area contributed by atoms with E-state index in [-0.39, 0.29) is 6.61 Å². The molecule has 2 aromatic heterocycles. The molecular formula is C9H6ClN3O. The first-order valence-corrected chi connectivity index (χ1v) is 4.28. The van der Waals surface area contributed by atoms with Gasteiger partial charge >= 0.3 is 0 Å². The molecule has 70 valence electrons. The topological polar surface area (TPSA) is 61.8 Å². The Morgan fingerprint density at radius 1 is 1.50 bits per heavy atom. The highest BCUT2D eigenvalue weighted by Crippen LogP contribution is 2.19. The van der Waals surface area contributed by atoms with Crippen LogP contribution in [0.4, 0.5) is 0 Å². The van der Waals surface area contributed by atoms with E-state index in [0.717, 1.165) is 0 Å². The SMILES string of the molecule is OCC#Cc1c[nH]c2c(Cl)ncnc12. The van der Waals surface area contributed by atoms with E-state index in [0.29, 0.717) is 21.7 Å². The second-order valence-corrected chi connectivity index (χ2v) is 2.91. The molecule has 0 fully saturated rings. The molecule has 4 nitrogen and oxygen atoms in total. The summed E-state index contributed by atoms with van der Waals surface area (Å²) in [5.41, 5.74) is 2.04. The second kappa shape index (κ2) is 3.66. The van der Waals surface area contributed by atoms with Gasteiger partial charge in [-0.2, -0.15) is 0 Å². The van der Waals surface area contributed by atoms with Gasteiger partial charge in [-0.25, -0.2) is 9.97 Å². The lowest BCUT2D eigenvalue weighted by Gasteiger charge is -1.90. The zero-order valence-corrected chi connectivity index (χ0v) is 7.84. The van der Waals surface area contributed by atoms with Crippen LogP contribution in [0, 0.1) is 11.8 Å². The first-order valence-electron chi connectivity index (χ1n) is 3.90. The van der Waals surface area contributed by atoms with Crippen molar-refractivity contribution in [3.63, 3.8) is 0 Å². The summed E-state index contributed by atoms with van der Waals surface area (Å²) in [5, 5.41) is 8.92. The van der Waals surface area contributed by atoms with Crippen molar-refractivity contribution in [2.75, 3.05) is 6.61 Å². The largest absolute Gasteiger partial charge is 0.384 e. The zero-order valence-electron chi connectivity index (χ0n) is 7.08. The smallest absolute Gasteiger partial charge is 0.156 e. The Hall–Kier alpha value is -1.57. The number of hydrogen-bond donors (Lipinski definition) is 2. The Morgan fingerprint density at radius 3 is 3.14 bits per heavy atom. The number of aliphatic hydroxyl groups excluding tert-OH is 1. The minimum atomic E-state index is -0.175. The molecule has 0 aliphatic heterocycles. The molecule has 0 aliphatic rings. The summed E-state index contributed by atoms with van der Waals surface area (Å²) in [5.74, 6) is 5.31. The highest BCUT2D eigenvalue weighted by atomic mass is 35.5. The van der Waals surface area contributed by atoms with Gasteiger partial charge < -0.3 is 10.1 Å². The first kappa shape index (κ1) is 9.00. The summed E-state index contributed by atoms with van der Waals surface area (Å²) >= 11 is 5.82. The maximum absolute atomic E-state index is 8.55. The van der Waals surface area contributed by atoms with Gasteiger partial charge in [0.2, 0.25) is 0 Å². The monoisotopic (exact) mass is 207 g/mol. The standard InChI is InChI=1S/C9H6ClN3O/c10-9-8-7(12-5-13-9)6(4-11-8)2-1-3-14/h4-5,11,14H,3H2. The molecule has 0 bridgehead atoms. The van der Waals surface area contributed by atoms with Gasteiger partial charge in [0.05, 0.1) is 5.56 Å². The van der Waals surface area contributed by atoms with E-state index in [1.54, 1.807) is 6.20 Å². The number of fused-ring (bicyclic) bond motifs is 1. The normalized spacial score (nSPS) is 9.86. The van der Waals surface area contributed by atoms with E-state index in [2.05, 4.69) is 26.8 Å². The Kier molecular flexibility index (Phi) is 2.35. The summed E-state index contributed by atoms with van der Waals surface area (Å²) in [4.78, 5) is 10.8. The van der Waals surface area contributed by atoms with Gasteiger partial charge in [0, 0.05) is 6.20 Å².